The first-order chi connectivity index (χ1) is 16.9. The molecule has 2 atom stereocenters. The molecule has 0 aliphatic heterocycles. The summed E-state index contributed by atoms with van der Waals surface area (Å²) >= 11 is 0. The lowest BCUT2D eigenvalue weighted by Crippen LogP contribution is -2.43. The summed E-state index contributed by atoms with van der Waals surface area (Å²) in [4.78, 5) is 26.2. The molecule has 1 aromatic carbocycles. The van der Waals surface area contributed by atoms with Crippen molar-refractivity contribution >= 4 is 16.9 Å². The number of hydrogen-bond acceptors (Lipinski definition) is 5. The second-order valence-electron chi connectivity index (χ2n) is 9.11. The van der Waals surface area contributed by atoms with E-state index in [1.54, 1.807) is 36.1 Å². The van der Waals surface area contributed by atoms with Gasteiger partial charge in [0.2, 0.25) is 0 Å². The average molecular weight is 479 g/mol. The fourth-order valence-electron chi connectivity index (χ4n) is 4.68. The van der Waals surface area contributed by atoms with Crippen LogP contribution < -0.4 is 10.9 Å². The molecule has 35 heavy (non-hydrogen) atoms. The molecule has 1 saturated carbocycles. The predicted octanol–water partition coefficient (Wildman–Crippen LogP) is 3.61. The first-order valence-corrected chi connectivity index (χ1v) is 11.8. The number of hydrogen-bond donors (Lipinski definition) is 2. The number of amides is 1. The number of fused-ring (bicyclic) bond motifs is 1. The van der Waals surface area contributed by atoms with Crippen LogP contribution in [0.4, 0.5) is 4.39 Å². The molecular weight excluding hydrogens is 451 g/mol. The van der Waals surface area contributed by atoms with Crippen molar-refractivity contribution in [3.63, 3.8) is 0 Å². The fraction of sp³-hybridized carbons (Fsp3) is 0.346. The van der Waals surface area contributed by atoms with Gasteiger partial charge in [0, 0.05) is 30.6 Å². The van der Waals surface area contributed by atoms with Gasteiger partial charge in [0.25, 0.3) is 11.5 Å². The molecule has 1 fully saturated rings. The summed E-state index contributed by atoms with van der Waals surface area (Å²) in [7, 11) is 1.79. The number of aromatic nitrogens is 3. The minimum atomic E-state index is -0.619. The molecule has 8 nitrogen and oxygen atoms in total. The molecule has 1 aliphatic carbocycles. The second kappa shape index (κ2) is 9.50. The molecule has 182 valence electrons. The third-order valence-electron chi connectivity index (χ3n) is 6.63. The van der Waals surface area contributed by atoms with Gasteiger partial charge in [-0.05, 0) is 31.0 Å². The van der Waals surface area contributed by atoms with Crippen LogP contribution >= 0.6 is 0 Å². The molecular formula is C26H27FN4O4. The van der Waals surface area contributed by atoms with Crippen LogP contribution in [0.1, 0.15) is 48.0 Å². The van der Waals surface area contributed by atoms with Crippen LogP contribution in [0.15, 0.2) is 58.2 Å². The Morgan fingerprint density at radius 3 is 2.83 bits per heavy atom. The van der Waals surface area contributed by atoms with E-state index in [1.165, 1.54) is 29.2 Å². The molecule has 1 aliphatic rings. The van der Waals surface area contributed by atoms with Crippen molar-refractivity contribution in [1.29, 1.82) is 0 Å². The van der Waals surface area contributed by atoms with Gasteiger partial charge in [-0.2, -0.15) is 5.10 Å². The summed E-state index contributed by atoms with van der Waals surface area (Å²) in [6.45, 7) is -0.0549. The summed E-state index contributed by atoms with van der Waals surface area (Å²) in [5.74, 6) is -0.907. The predicted molar refractivity (Wildman–Crippen MR) is 129 cm³/mol. The van der Waals surface area contributed by atoms with Crippen LogP contribution in [0.5, 0.6) is 0 Å². The molecule has 0 radical (unpaired) electrons. The summed E-state index contributed by atoms with van der Waals surface area (Å²) in [6.07, 6.45) is 8.09. The maximum Gasteiger partial charge on any atom is 0.262 e. The maximum atomic E-state index is 15.0. The monoisotopic (exact) mass is 478 g/mol. The van der Waals surface area contributed by atoms with Crippen molar-refractivity contribution in [2.75, 3.05) is 0 Å². The van der Waals surface area contributed by atoms with E-state index in [2.05, 4.69) is 10.4 Å². The number of pyridine rings is 1. The van der Waals surface area contributed by atoms with Crippen LogP contribution in [0.3, 0.4) is 0 Å². The molecule has 9 heteroatoms. The Kier molecular flexibility index (Phi) is 6.25. The summed E-state index contributed by atoms with van der Waals surface area (Å²) < 4.78 is 23.4. The lowest BCUT2D eigenvalue weighted by atomic mass is 10.1. The van der Waals surface area contributed by atoms with Gasteiger partial charge in [0.15, 0.2) is 5.58 Å². The molecule has 0 unspecified atom stereocenters. The van der Waals surface area contributed by atoms with Gasteiger partial charge in [-0.25, -0.2) is 4.39 Å². The van der Waals surface area contributed by atoms with Crippen molar-refractivity contribution in [2.24, 2.45) is 7.05 Å². The van der Waals surface area contributed by atoms with Crippen molar-refractivity contribution < 1.29 is 18.7 Å². The van der Waals surface area contributed by atoms with Crippen LogP contribution in [-0.2, 0) is 13.6 Å². The summed E-state index contributed by atoms with van der Waals surface area (Å²) in [5, 5.41) is 17.8. The molecule has 3 heterocycles. The number of nitrogens with zero attached hydrogens (tertiary/aromatic N) is 3. The standard InChI is InChI=1S/C26H27FN4O4/c1-30-11-9-21(29-30)16-7-8-17(20(27)13-16)14-31-15-19(24-18(26(31)34)10-12-35-24)25(33)28-22-5-3-2-4-6-23(22)32/h7-13,15,22-23,32H,2-6,14H2,1H3,(H,28,33)/t22-,23-/m0/s1. The molecule has 4 aromatic rings. The van der Waals surface area contributed by atoms with Crippen molar-refractivity contribution in [3.05, 3.63) is 76.3 Å². The number of aryl methyl sites for hydroxylation is 1. The van der Waals surface area contributed by atoms with Gasteiger partial charge < -0.3 is 19.4 Å². The highest BCUT2D eigenvalue weighted by atomic mass is 19.1. The smallest absolute Gasteiger partial charge is 0.262 e. The Morgan fingerprint density at radius 2 is 2.06 bits per heavy atom. The number of carbonyl (C=O) groups excluding carboxylic acids is 1. The molecule has 0 spiro atoms. The van der Waals surface area contributed by atoms with Gasteiger partial charge in [0.1, 0.15) is 5.82 Å². The van der Waals surface area contributed by atoms with Crippen LogP contribution in [0.2, 0.25) is 0 Å². The second-order valence-corrected chi connectivity index (χ2v) is 9.11. The molecule has 5 rings (SSSR count). The number of nitrogens with one attached hydrogen (secondary N) is 1. The van der Waals surface area contributed by atoms with Gasteiger partial charge in [-0.15, -0.1) is 0 Å². The van der Waals surface area contributed by atoms with E-state index in [4.69, 9.17) is 4.42 Å². The van der Waals surface area contributed by atoms with Gasteiger partial charge in [-0.1, -0.05) is 31.4 Å². The van der Waals surface area contributed by atoms with Crippen LogP contribution in [0.25, 0.3) is 22.2 Å². The van der Waals surface area contributed by atoms with E-state index >= 15 is 0 Å². The van der Waals surface area contributed by atoms with E-state index < -0.39 is 17.8 Å². The fourth-order valence-corrected chi connectivity index (χ4v) is 4.68. The Hall–Kier alpha value is -3.72. The zero-order valence-corrected chi connectivity index (χ0v) is 19.4. The first-order valence-electron chi connectivity index (χ1n) is 11.8. The highest BCUT2D eigenvalue weighted by Crippen LogP contribution is 2.23. The number of aliphatic hydroxyl groups is 1. The molecule has 0 saturated heterocycles. The molecule has 0 bridgehead atoms. The number of carbonyl (C=O) groups is 1. The summed E-state index contributed by atoms with van der Waals surface area (Å²) in [6, 6.07) is 7.69. The van der Waals surface area contributed by atoms with E-state index in [9.17, 15) is 19.1 Å². The Bertz CT molecular complexity index is 1440. The van der Waals surface area contributed by atoms with Crippen LogP contribution in [0, 0.1) is 5.82 Å². The first kappa shape index (κ1) is 23.0. The quantitative estimate of drug-likeness (QED) is 0.427. The SMILES string of the molecule is Cn1ccc(-c2ccc(Cn3cc(C(=O)N[C@H]4CCCCC[C@@H]4O)c4occc4c3=O)c(F)c2)n1. The number of benzene rings is 1. The number of halogens is 1. The largest absolute Gasteiger partial charge is 0.463 e. The van der Waals surface area contributed by atoms with Gasteiger partial charge >= 0.3 is 0 Å². The average Bonchev–Trinajstić information content (AvgIpc) is 3.45. The zero-order valence-electron chi connectivity index (χ0n) is 19.4. The van der Waals surface area contributed by atoms with Crippen LogP contribution in [-0.4, -0.2) is 37.5 Å². The lowest BCUT2D eigenvalue weighted by Gasteiger charge is -2.22. The number of rotatable bonds is 5. The van der Waals surface area contributed by atoms with E-state index in [0.717, 1.165) is 19.3 Å². The Labute approximate surface area is 201 Å². The third-order valence-corrected chi connectivity index (χ3v) is 6.63. The van der Waals surface area contributed by atoms with Crippen molar-refractivity contribution in [2.45, 2.75) is 50.8 Å². The van der Waals surface area contributed by atoms with Gasteiger partial charge in [0.05, 0.1) is 41.6 Å². The topological polar surface area (TPSA) is 102 Å². The number of aliphatic hydroxyl groups excluding tert-OH is 1. The number of furan rings is 1. The zero-order chi connectivity index (χ0) is 24.5. The molecule has 3 aromatic heterocycles. The van der Waals surface area contributed by atoms with Crippen molar-refractivity contribution in [1.82, 2.24) is 19.7 Å². The molecule has 1 amide bonds. The van der Waals surface area contributed by atoms with E-state index in [-0.39, 0.29) is 34.7 Å². The highest BCUT2D eigenvalue weighted by molar-refractivity contribution is 6.04. The van der Waals surface area contributed by atoms with Crippen molar-refractivity contribution in [3.8, 4) is 11.3 Å². The molecule has 2 N–H and O–H groups in total. The Balaban J connectivity index is 1.46. The highest BCUT2D eigenvalue weighted by Gasteiger charge is 2.26. The minimum Gasteiger partial charge on any atom is -0.463 e. The van der Waals surface area contributed by atoms with E-state index in [0.29, 0.717) is 29.7 Å². The summed E-state index contributed by atoms with van der Waals surface area (Å²) in [5.41, 5.74) is 1.55. The van der Waals surface area contributed by atoms with E-state index in [1.807, 2.05) is 0 Å². The lowest BCUT2D eigenvalue weighted by molar-refractivity contribution is 0.0818. The Morgan fingerprint density at radius 1 is 1.23 bits per heavy atom. The van der Waals surface area contributed by atoms with Gasteiger partial charge in [-0.3, -0.25) is 14.3 Å². The minimum absolute atomic E-state index is 0.0549. The third kappa shape index (κ3) is 4.64. The maximum absolute atomic E-state index is 15.0. The normalized spacial score (nSPS) is 18.5.